The van der Waals surface area contributed by atoms with Crippen LogP contribution in [0.15, 0.2) is 11.8 Å². The predicted octanol–water partition coefficient (Wildman–Crippen LogP) is 4.15. The summed E-state index contributed by atoms with van der Waals surface area (Å²) in [4.78, 5) is 11.7. The van der Waals surface area contributed by atoms with Gasteiger partial charge in [0.25, 0.3) is 0 Å². The lowest BCUT2D eigenvalue weighted by Gasteiger charge is -2.57. The zero-order chi connectivity index (χ0) is 16.6. The minimum absolute atomic E-state index is 0.256. The molecule has 134 valence electrons. The molecule has 4 nitrogen and oxygen atoms in total. The minimum Gasteiger partial charge on any atom is -0.501 e. The van der Waals surface area contributed by atoms with E-state index in [1.807, 2.05) is 0 Å². The molecule has 1 aliphatic heterocycles. The molecule has 1 N–H and O–H groups in total. The van der Waals surface area contributed by atoms with Crippen LogP contribution in [0.4, 0.5) is 0 Å². The van der Waals surface area contributed by atoms with Crippen molar-refractivity contribution in [1.82, 2.24) is 0 Å². The van der Waals surface area contributed by atoms with Crippen molar-refractivity contribution in [2.24, 2.45) is 23.2 Å². The van der Waals surface area contributed by atoms with E-state index in [2.05, 4.69) is 0 Å². The fourth-order valence-corrected chi connectivity index (χ4v) is 6.03. The Morgan fingerprint density at radius 2 is 1.75 bits per heavy atom. The zero-order valence-corrected chi connectivity index (χ0v) is 14.5. The zero-order valence-electron chi connectivity index (χ0n) is 14.5. The molecule has 4 bridgehead atoms. The summed E-state index contributed by atoms with van der Waals surface area (Å²) in [5.41, 5.74) is 0.744. The van der Waals surface area contributed by atoms with Gasteiger partial charge in [-0.1, -0.05) is 0 Å². The van der Waals surface area contributed by atoms with Gasteiger partial charge >= 0.3 is 5.97 Å². The van der Waals surface area contributed by atoms with E-state index >= 15 is 0 Å². The molecule has 0 aromatic heterocycles. The van der Waals surface area contributed by atoms with E-state index in [1.165, 1.54) is 38.5 Å². The summed E-state index contributed by atoms with van der Waals surface area (Å²) in [6.07, 6.45) is 13.8. The molecule has 4 saturated carbocycles. The SMILES string of the molecule is O=C(O)C(=COCCCCC1CO1)CC12CC3CC(CC(C3)C1)C2. The average Bonchev–Trinajstić information content (AvgIpc) is 3.32. The Labute approximate surface area is 144 Å². The van der Waals surface area contributed by atoms with Crippen molar-refractivity contribution < 1.29 is 19.4 Å². The normalized spacial score (nSPS) is 39.9. The number of hydrogen-bond acceptors (Lipinski definition) is 3. The quantitative estimate of drug-likeness (QED) is 0.298. The first-order chi connectivity index (χ1) is 11.6. The lowest BCUT2D eigenvalue weighted by atomic mass is 9.48. The Morgan fingerprint density at radius 3 is 2.29 bits per heavy atom. The Bertz CT molecular complexity index is 470. The summed E-state index contributed by atoms with van der Waals surface area (Å²) >= 11 is 0. The minimum atomic E-state index is -0.794. The lowest BCUT2D eigenvalue weighted by Crippen LogP contribution is -2.46. The Kier molecular flexibility index (Phi) is 4.59. The molecule has 1 unspecified atom stereocenters. The number of carbonyl (C=O) groups is 1. The van der Waals surface area contributed by atoms with E-state index in [0.717, 1.165) is 43.6 Å². The maximum atomic E-state index is 11.7. The molecule has 5 aliphatic rings. The van der Waals surface area contributed by atoms with Crippen molar-refractivity contribution in [2.45, 2.75) is 70.3 Å². The van der Waals surface area contributed by atoms with Gasteiger partial charge in [0.2, 0.25) is 0 Å². The molecule has 24 heavy (non-hydrogen) atoms. The summed E-state index contributed by atoms with van der Waals surface area (Å²) in [5, 5.41) is 9.59. The molecule has 4 heteroatoms. The van der Waals surface area contributed by atoms with E-state index in [-0.39, 0.29) is 5.41 Å². The molecule has 1 saturated heterocycles. The first-order valence-corrected chi connectivity index (χ1v) is 9.77. The highest BCUT2D eigenvalue weighted by Crippen LogP contribution is 2.62. The van der Waals surface area contributed by atoms with Gasteiger partial charge in [0.1, 0.15) is 0 Å². The van der Waals surface area contributed by atoms with Crippen LogP contribution in [0.2, 0.25) is 0 Å². The number of epoxide rings is 1. The van der Waals surface area contributed by atoms with Crippen LogP contribution in [0.25, 0.3) is 0 Å². The van der Waals surface area contributed by atoms with E-state index in [0.29, 0.717) is 24.7 Å². The molecule has 0 aromatic rings. The van der Waals surface area contributed by atoms with Gasteiger partial charge in [0.15, 0.2) is 0 Å². The molecule has 0 aromatic carbocycles. The first-order valence-electron chi connectivity index (χ1n) is 9.77. The molecule has 0 spiro atoms. The molecule has 5 fully saturated rings. The summed E-state index contributed by atoms with van der Waals surface area (Å²) in [7, 11) is 0. The van der Waals surface area contributed by atoms with Gasteiger partial charge in [0, 0.05) is 0 Å². The molecule has 5 rings (SSSR count). The van der Waals surface area contributed by atoms with Crippen LogP contribution in [-0.4, -0.2) is 30.4 Å². The maximum absolute atomic E-state index is 11.7. The summed E-state index contributed by atoms with van der Waals surface area (Å²) in [5.74, 6) is 1.78. The summed E-state index contributed by atoms with van der Waals surface area (Å²) in [6.45, 7) is 1.53. The van der Waals surface area contributed by atoms with Crippen LogP contribution in [0.1, 0.15) is 64.2 Å². The number of hydrogen-bond donors (Lipinski definition) is 1. The van der Waals surface area contributed by atoms with Crippen LogP contribution >= 0.6 is 0 Å². The van der Waals surface area contributed by atoms with Gasteiger partial charge in [-0.25, -0.2) is 4.79 Å². The Balaban J connectivity index is 1.30. The average molecular weight is 334 g/mol. The Morgan fingerprint density at radius 1 is 1.12 bits per heavy atom. The standard InChI is InChI=1S/C20H30O4/c21-19(22)17(12-23-4-2-1-3-18-13-24-18)11-20-8-14-5-15(9-20)7-16(6-14)10-20/h12,14-16,18H,1-11,13H2,(H,21,22). The van der Waals surface area contributed by atoms with E-state index in [1.54, 1.807) is 6.26 Å². The first kappa shape index (κ1) is 16.4. The van der Waals surface area contributed by atoms with Crippen LogP contribution in [0.3, 0.4) is 0 Å². The highest BCUT2D eigenvalue weighted by Gasteiger charge is 2.51. The number of carboxylic acid groups (broad SMARTS) is 1. The van der Waals surface area contributed by atoms with Gasteiger partial charge in [-0.15, -0.1) is 0 Å². The second kappa shape index (κ2) is 6.70. The second-order valence-electron chi connectivity index (χ2n) is 8.86. The van der Waals surface area contributed by atoms with Crippen LogP contribution in [0, 0.1) is 23.2 Å². The fraction of sp³-hybridized carbons (Fsp3) is 0.850. The maximum Gasteiger partial charge on any atom is 0.334 e. The van der Waals surface area contributed by atoms with Gasteiger partial charge in [-0.2, -0.15) is 0 Å². The topological polar surface area (TPSA) is 59.1 Å². The second-order valence-corrected chi connectivity index (χ2v) is 8.86. The van der Waals surface area contributed by atoms with Crippen molar-refractivity contribution in [3.8, 4) is 0 Å². The highest BCUT2D eigenvalue weighted by atomic mass is 16.6. The van der Waals surface area contributed by atoms with Crippen LogP contribution in [-0.2, 0) is 14.3 Å². The monoisotopic (exact) mass is 334 g/mol. The number of ether oxygens (including phenoxy) is 2. The van der Waals surface area contributed by atoms with Gasteiger partial charge in [-0.3, -0.25) is 0 Å². The van der Waals surface area contributed by atoms with E-state index < -0.39 is 5.97 Å². The lowest BCUT2D eigenvalue weighted by molar-refractivity contribution is -0.134. The fourth-order valence-electron chi connectivity index (χ4n) is 6.03. The molecule has 0 radical (unpaired) electrons. The van der Waals surface area contributed by atoms with Gasteiger partial charge in [0.05, 0.1) is 31.2 Å². The number of carboxylic acids is 1. The number of aliphatic carboxylic acids is 1. The molecular weight excluding hydrogens is 304 g/mol. The molecular formula is C20H30O4. The predicted molar refractivity (Wildman–Crippen MR) is 90.5 cm³/mol. The van der Waals surface area contributed by atoms with Crippen LogP contribution < -0.4 is 0 Å². The Hall–Kier alpha value is -1.03. The summed E-state index contributed by atoms with van der Waals surface area (Å²) < 4.78 is 10.8. The van der Waals surface area contributed by atoms with Gasteiger partial charge < -0.3 is 14.6 Å². The van der Waals surface area contributed by atoms with Crippen molar-refractivity contribution in [1.29, 1.82) is 0 Å². The van der Waals surface area contributed by atoms with E-state index in [9.17, 15) is 9.90 Å². The van der Waals surface area contributed by atoms with Gasteiger partial charge in [-0.05, 0) is 87.4 Å². The molecule has 0 amide bonds. The van der Waals surface area contributed by atoms with Crippen LogP contribution in [0.5, 0.6) is 0 Å². The molecule has 1 heterocycles. The van der Waals surface area contributed by atoms with Crippen molar-refractivity contribution >= 4 is 5.97 Å². The van der Waals surface area contributed by atoms with Crippen molar-refractivity contribution in [3.05, 3.63) is 11.8 Å². The largest absolute Gasteiger partial charge is 0.501 e. The smallest absolute Gasteiger partial charge is 0.334 e. The third kappa shape index (κ3) is 3.79. The van der Waals surface area contributed by atoms with E-state index in [4.69, 9.17) is 9.47 Å². The molecule has 1 atom stereocenters. The van der Waals surface area contributed by atoms with Crippen molar-refractivity contribution in [2.75, 3.05) is 13.2 Å². The molecule has 4 aliphatic carbocycles. The third-order valence-electron chi connectivity index (χ3n) is 6.67. The number of rotatable bonds is 9. The third-order valence-corrected chi connectivity index (χ3v) is 6.67. The van der Waals surface area contributed by atoms with Crippen molar-refractivity contribution in [3.63, 3.8) is 0 Å². The summed E-state index contributed by atoms with van der Waals surface area (Å²) in [6, 6.07) is 0. The highest BCUT2D eigenvalue weighted by molar-refractivity contribution is 5.86. The number of unbranched alkanes of at least 4 members (excludes halogenated alkanes) is 1.